The summed E-state index contributed by atoms with van der Waals surface area (Å²) in [5, 5.41) is 2.02. The topological polar surface area (TPSA) is 45.8 Å². The molecule has 0 amide bonds. The van der Waals surface area contributed by atoms with E-state index in [1.807, 2.05) is 31.2 Å². The van der Waals surface area contributed by atoms with Crippen LogP contribution in [0.15, 0.2) is 30.5 Å². The second-order valence-corrected chi connectivity index (χ2v) is 3.84. The van der Waals surface area contributed by atoms with Crippen molar-refractivity contribution >= 4 is 28.1 Å². The monoisotopic (exact) mass is 210 g/mol. The van der Waals surface area contributed by atoms with Crippen LogP contribution in [0.25, 0.3) is 21.8 Å². The standard InChI is InChI=1S/C13H10N2O/c1-8-11(7-16)10-5-4-9-3-2-6-14-12(9)13(10)15-8/h2-7,15H,1H3. The van der Waals surface area contributed by atoms with E-state index >= 15 is 0 Å². The van der Waals surface area contributed by atoms with Gasteiger partial charge in [0, 0.05) is 28.2 Å². The lowest BCUT2D eigenvalue weighted by atomic mass is 10.1. The van der Waals surface area contributed by atoms with Crippen molar-refractivity contribution in [3.05, 3.63) is 41.7 Å². The molecule has 2 aromatic heterocycles. The smallest absolute Gasteiger partial charge is 0.152 e. The molecule has 0 saturated carbocycles. The molecule has 0 saturated heterocycles. The Hall–Kier alpha value is -2.16. The first kappa shape index (κ1) is 9.09. The summed E-state index contributed by atoms with van der Waals surface area (Å²) in [4.78, 5) is 18.6. The summed E-state index contributed by atoms with van der Waals surface area (Å²) in [6, 6.07) is 7.88. The third kappa shape index (κ3) is 1.08. The van der Waals surface area contributed by atoms with Crippen LogP contribution in [0.4, 0.5) is 0 Å². The van der Waals surface area contributed by atoms with E-state index in [0.29, 0.717) is 0 Å². The lowest BCUT2D eigenvalue weighted by Gasteiger charge is -1.97. The van der Waals surface area contributed by atoms with Crippen molar-refractivity contribution in [1.29, 1.82) is 0 Å². The molecule has 1 aromatic carbocycles. The van der Waals surface area contributed by atoms with Crippen molar-refractivity contribution in [2.75, 3.05) is 0 Å². The zero-order valence-electron chi connectivity index (χ0n) is 8.82. The van der Waals surface area contributed by atoms with Crippen molar-refractivity contribution in [1.82, 2.24) is 9.97 Å². The minimum atomic E-state index is 0.725. The van der Waals surface area contributed by atoms with Crippen molar-refractivity contribution in [2.45, 2.75) is 6.92 Å². The summed E-state index contributed by atoms with van der Waals surface area (Å²) in [6.07, 6.45) is 2.65. The molecular weight excluding hydrogens is 200 g/mol. The first-order valence-corrected chi connectivity index (χ1v) is 5.12. The Morgan fingerprint density at radius 2 is 2.19 bits per heavy atom. The number of nitrogens with one attached hydrogen (secondary N) is 1. The van der Waals surface area contributed by atoms with Crippen LogP contribution in [-0.2, 0) is 0 Å². The maximum atomic E-state index is 11.0. The second-order valence-electron chi connectivity index (χ2n) is 3.84. The molecule has 3 nitrogen and oxygen atoms in total. The van der Waals surface area contributed by atoms with Crippen LogP contribution in [0.3, 0.4) is 0 Å². The lowest BCUT2D eigenvalue weighted by molar-refractivity contribution is 0.112. The van der Waals surface area contributed by atoms with E-state index in [-0.39, 0.29) is 0 Å². The highest BCUT2D eigenvalue weighted by molar-refractivity contribution is 6.09. The number of rotatable bonds is 1. The zero-order chi connectivity index (χ0) is 11.1. The average Bonchev–Trinajstić information content (AvgIpc) is 2.65. The van der Waals surface area contributed by atoms with Gasteiger partial charge in [0.2, 0.25) is 0 Å². The van der Waals surface area contributed by atoms with Gasteiger partial charge in [0.15, 0.2) is 6.29 Å². The number of nitrogens with zero attached hydrogens (tertiary/aromatic N) is 1. The van der Waals surface area contributed by atoms with Gasteiger partial charge in [-0.1, -0.05) is 18.2 Å². The third-order valence-electron chi connectivity index (χ3n) is 2.90. The number of pyridine rings is 1. The normalized spacial score (nSPS) is 11.1. The van der Waals surface area contributed by atoms with Crippen LogP contribution in [0, 0.1) is 6.92 Å². The van der Waals surface area contributed by atoms with Crippen LogP contribution in [0.1, 0.15) is 16.1 Å². The number of aromatic amines is 1. The van der Waals surface area contributed by atoms with Gasteiger partial charge in [-0.25, -0.2) is 0 Å². The van der Waals surface area contributed by atoms with Gasteiger partial charge in [-0.05, 0) is 13.0 Å². The lowest BCUT2D eigenvalue weighted by Crippen LogP contribution is -1.80. The molecule has 3 aromatic rings. The minimum absolute atomic E-state index is 0.725. The Morgan fingerprint density at radius 3 is 3.00 bits per heavy atom. The molecule has 0 fully saturated rings. The average molecular weight is 210 g/mol. The summed E-state index contributed by atoms with van der Waals surface area (Å²) < 4.78 is 0. The van der Waals surface area contributed by atoms with E-state index in [9.17, 15) is 4.79 Å². The number of aryl methyl sites for hydroxylation is 1. The molecule has 3 rings (SSSR count). The Bertz CT molecular complexity index is 698. The van der Waals surface area contributed by atoms with Crippen LogP contribution < -0.4 is 0 Å². The predicted molar refractivity (Wildman–Crippen MR) is 63.7 cm³/mol. The van der Waals surface area contributed by atoms with Crippen LogP contribution in [0.5, 0.6) is 0 Å². The number of aldehydes is 1. The number of carbonyl (C=O) groups excluding carboxylic acids is 1. The Labute approximate surface area is 92.1 Å². The number of H-pyrrole nitrogens is 1. The largest absolute Gasteiger partial charge is 0.356 e. The fourth-order valence-corrected chi connectivity index (χ4v) is 2.10. The quantitative estimate of drug-likeness (QED) is 0.628. The van der Waals surface area contributed by atoms with E-state index in [1.165, 1.54) is 0 Å². The molecule has 0 aliphatic carbocycles. The Morgan fingerprint density at radius 1 is 1.31 bits per heavy atom. The zero-order valence-corrected chi connectivity index (χ0v) is 8.82. The summed E-state index contributed by atoms with van der Waals surface area (Å²) in [5.41, 5.74) is 3.47. The number of fused-ring (bicyclic) bond motifs is 3. The van der Waals surface area contributed by atoms with Gasteiger partial charge >= 0.3 is 0 Å². The Balaban J connectivity index is 2.57. The van der Waals surface area contributed by atoms with Crippen molar-refractivity contribution in [2.24, 2.45) is 0 Å². The third-order valence-corrected chi connectivity index (χ3v) is 2.90. The number of benzene rings is 1. The minimum Gasteiger partial charge on any atom is -0.356 e. The number of hydrogen-bond acceptors (Lipinski definition) is 2. The fourth-order valence-electron chi connectivity index (χ4n) is 2.10. The summed E-state index contributed by atoms with van der Waals surface area (Å²) in [6.45, 7) is 1.90. The molecule has 0 radical (unpaired) electrons. The van der Waals surface area contributed by atoms with Gasteiger partial charge in [-0.15, -0.1) is 0 Å². The maximum absolute atomic E-state index is 11.0. The molecule has 0 unspecified atom stereocenters. The molecule has 2 heterocycles. The highest BCUT2D eigenvalue weighted by Crippen LogP contribution is 2.26. The molecule has 0 atom stereocenters. The van der Waals surface area contributed by atoms with Crippen molar-refractivity contribution < 1.29 is 4.79 Å². The molecule has 16 heavy (non-hydrogen) atoms. The molecule has 0 bridgehead atoms. The van der Waals surface area contributed by atoms with Gasteiger partial charge < -0.3 is 4.98 Å². The SMILES string of the molecule is Cc1[nH]c2c(ccc3cccnc32)c1C=O. The predicted octanol–water partition coefficient (Wildman–Crippen LogP) is 2.84. The summed E-state index contributed by atoms with van der Waals surface area (Å²) >= 11 is 0. The van der Waals surface area contributed by atoms with Gasteiger partial charge in [0.1, 0.15) is 0 Å². The van der Waals surface area contributed by atoms with E-state index < -0.39 is 0 Å². The van der Waals surface area contributed by atoms with E-state index in [0.717, 1.165) is 39.3 Å². The second kappa shape index (κ2) is 3.17. The van der Waals surface area contributed by atoms with E-state index in [1.54, 1.807) is 6.20 Å². The van der Waals surface area contributed by atoms with Crippen LogP contribution in [0.2, 0.25) is 0 Å². The van der Waals surface area contributed by atoms with Gasteiger partial charge in [-0.3, -0.25) is 9.78 Å². The van der Waals surface area contributed by atoms with Crippen LogP contribution >= 0.6 is 0 Å². The van der Waals surface area contributed by atoms with Crippen molar-refractivity contribution in [3.63, 3.8) is 0 Å². The van der Waals surface area contributed by atoms with E-state index in [4.69, 9.17) is 0 Å². The van der Waals surface area contributed by atoms with Gasteiger partial charge in [0.25, 0.3) is 0 Å². The van der Waals surface area contributed by atoms with Crippen molar-refractivity contribution in [3.8, 4) is 0 Å². The molecule has 1 N–H and O–H groups in total. The van der Waals surface area contributed by atoms with Gasteiger partial charge in [-0.2, -0.15) is 0 Å². The molecule has 3 heteroatoms. The molecule has 0 spiro atoms. The summed E-state index contributed by atoms with van der Waals surface area (Å²) in [5.74, 6) is 0. The first-order chi connectivity index (χ1) is 7.81. The van der Waals surface area contributed by atoms with Crippen LogP contribution in [-0.4, -0.2) is 16.3 Å². The maximum Gasteiger partial charge on any atom is 0.152 e. The number of aromatic nitrogens is 2. The molecule has 0 aliphatic rings. The van der Waals surface area contributed by atoms with E-state index in [2.05, 4.69) is 9.97 Å². The molecule has 0 aliphatic heterocycles. The summed E-state index contributed by atoms with van der Waals surface area (Å²) in [7, 11) is 0. The Kier molecular flexibility index (Phi) is 1.80. The highest BCUT2D eigenvalue weighted by atomic mass is 16.1. The molecular formula is C13H10N2O. The number of hydrogen-bond donors (Lipinski definition) is 1. The molecule has 78 valence electrons. The highest BCUT2D eigenvalue weighted by Gasteiger charge is 2.10. The first-order valence-electron chi connectivity index (χ1n) is 5.12. The number of carbonyl (C=O) groups is 1. The van der Waals surface area contributed by atoms with Gasteiger partial charge in [0.05, 0.1) is 11.0 Å². The fraction of sp³-hybridized carbons (Fsp3) is 0.0769.